The van der Waals surface area contributed by atoms with E-state index in [1.807, 2.05) is 48.5 Å². The van der Waals surface area contributed by atoms with Gasteiger partial charge in [-0.2, -0.15) is 0 Å². The van der Waals surface area contributed by atoms with Crippen LogP contribution in [-0.4, -0.2) is 29.1 Å². The Hall–Kier alpha value is -2.99. The maximum atomic E-state index is 12.6. The molecular weight excluding hydrogens is 368 g/mol. The first-order chi connectivity index (χ1) is 13.0. The van der Waals surface area contributed by atoms with Crippen molar-refractivity contribution in [2.75, 3.05) is 7.11 Å². The molecule has 1 amide bonds. The second kappa shape index (κ2) is 8.14. The number of carbonyl (C=O) groups is 2. The van der Waals surface area contributed by atoms with E-state index < -0.39 is 12.0 Å². The lowest BCUT2D eigenvalue weighted by molar-refractivity contribution is -0.142. The third kappa shape index (κ3) is 4.23. The number of hydrogen-bond donors (Lipinski definition) is 2. The molecule has 140 valence electrons. The van der Waals surface area contributed by atoms with Crippen LogP contribution in [0.1, 0.15) is 30.0 Å². The number of methoxy groups -OCH3 is 1. The first kappa shape index (κ1) is 18.8. The first-order valence-corrected chi connectivity index (χ1v) is 8.78. The second-order valence-electron chi connectivity index (χ2n) is 6.04. The molecule has 6 nitrogen and oxygen atoms in total. The van der Waals surface area contributed by atoms with Crippen molar-refractivity contribution >= 4 is 29.2 Å². The van der Waals surface area contributed by atoms with Gasteiger partial charge in [0.25, 0.3) is 0 Å². The molecule has 2 aromatic rings. The second-order valence-corrected chi connectivity index (χ2v) is 6.45. The number of carbonyl (C=O) groups excluding carboxylic acids is 1. The van der Waals surface area contributed by atoms with Crippen molar-refractivity contribution in [1.82, 2.24) is 10.4 Å². The van der Waals surface area contributed by atoms with Crippen LogP contribution in [0, 0.1) is 0 Å². The van der Waals surface area contributed by atoms with Crippen molar-refractivity contribution in [2.24, 2.45) is 0 Å². The summed E-state index contributed by atoms with van der Waals surface area (Å²) in [5.74, 6) is -0.600. The summed E-state index contributed by atoms with van der Waals surface area (Å²) >= 11 is 6.33. The molecule has 0 aliphatic carbocycles. The van der Waals surface area contributed by atoms with Crippen LogP contribution in [0.4, 0.5) is 0 Å². The van der Waals surface area contributed by atoms with Crippen molar-refractivity contribution in [3.8, 4) is 5.75 Å². The molecule has 1 aliphatic rings. The Kier molecular flexibility index (Phi) is 5.66. The minimum atomic E-state index is -1.01. The number of benzene rings is 2. The molecule has 27 heavy (non-hydrogen) atoms. The van der Waals surface area contributed by atoms with Gasteiger partial charge < -0.3 is 9.84 Å². The number of nitrogens with zero attached hydrogens (tertiary/aromatic N) is 1. The lowest BCUT2D eigenvalue weighted by Crippen LogP contribution is -2.39. The molecule has 0 aromatic heterocycles. The zero-order chi connectivity index (χ0) is 19.4. The molecular formula is C20H19ClN2O4. The maximum Gasteiger partial charge on any atom is 0.303 e. The number of rotatable bonds is 6. The number of ether oxygens (including phenoxy) is 1. The Morgan fingerprint density at radius 1 is 1.15 bits per heavy atom. The predicted octanol–water partition coefficient (Wildman–Crippen LogP) is 3.64. The van der Waals surface area contributed by atoms with Gasteiger partial charge in [-0.25, -0.2) is 5.01 Å². The number of halogens is 1. The summed E-state index contributed by atoms with van der Waals surface area (Å²) in [6.07, 6.45) is 1.57. The summed E-state index contributed by atoms with van der Waals surface area (Å²) in [6, 6.07) is 14.3. The van der Waals surface area contributed by atoms with Crippen molar-refractivity contribution < 1.29 is 19.4 Å². The number of amides is 1. The summed E-state index contributed by atoms with van der Waals surface area (Å²) in [7, 11) is 1.60. The molecule has 2 N–H and O–H groups in total. The van der Waals surface area contributed by atoms with Gasteiger partial charge in [-0.1, -0.05) is 29.8 Å². The fourth-order valence-corrected chi connectivity index (χ4v) is 3.14. The minimum Gasteiger partial charge on any atom is -0.497 e. The van der Waals surface area contributed by atoms with E-state index in [0.717, 1.165) is 22.6 Å². The number of hydrogen-bond acceptors (Lipinski definition) is 4. The summed E-state index contributed by atoms with van der Waals surface area (Å²) in [6.45, 7) is 0. The first-order valence-electron chi connectivity index (χ1n) is 8.41. The lowest BCUT2D eigenvalue weighted by atomic mass is 10.0. The molecule has 0 spiro atoms. The molecule has 0 fully saturated rings. The van der Waals surface area contributed by atoms with Crippen molar-refractivity contribution in [2.45, 2.75) is 18.9 Å². The number of carboxylic acids is 1. The summed E-state index contributed by atoms with van der Waals surface area (Å²) in [5.41, 5.74) is 5.48. The van der Waals surface area contributed by atoms with Gasteiger partial charge >= 0.3 is 5.97 Å². The van der Waals surface area contributed by atoms with Gasteiger partial charge in [-0.15, -0.1) is 0 Å². The normalized spacial score (nSPS) is 15.9. The average molecular weight is 387 g/mol. The van der Waals surface area contributed by atoms with Crippen LogP contribution in [0.2, 0.25) is 5.02 Å². The van der Waals surface area contributed by atoms with Crippen LogP contribution < -0.4 is 10.2 Å². The SMILES string of the molecule is COc1ccc(C2=C[C@@H](c3ccccc3Cl)N(C(=O)CCC(=O)O)N2)cc1. The smallest absolute Gasteiger partial charge is 0.303 e. The highest BCUT2D eigenvalue weighted by molar-refractivity contribution is 6.31. The van der Waals surface area contributed by atoms with Gasteiger partial charge in [-0.05, 0) is 47.5 Å². The van der Waals surface area contributed by atoms with Gasteiger partial charge in [0.2, 0.25) is 5.91 Å². The van der Waals surface area contributed by atoms with Crippen molar-refractivity contribution in [3.63, 3.8) is 0 Å². The van der Waals surface area contributed by atoms with Crippen LogP contribution in [0.15, 0.2) is 54.6 Å². The Bertz CT molecular complexity index is 880. The largest absolute Gasteiger partial charge is 0.497 e. The molecule has 1 aliphatic heterocycles. The van der Waals surface area contributed by atoms with Gasteiger partial charge in [0.1, 0.15) is 11.8 Å². The number of hydrazine groups is 1. The zero-order valence-electron chi connectivity index (χ0n) is 14.7. The van der Waals surface area contributed by atoms with E-state index in [4.69, 9.17) is 21.4 Å². The Labute approximate surface area is 162 Å². The van der Waals surface area contributed by atoms with Crippen LogP contribution in [0.5, 0.6) is 5.75 Å². The third-order valence-electron chi connectivity index (χ3n) is 4.29. The molecule has 0 unspecified atom stereocenters. The molecule has 7 heteroatoms. The Morgan fingerprint density at radius 3 is 2.48 bits per heavy atom. The summed E-state index contributed by atoms with van der Waals surface area (Å²) in [5, 5.41) is 10.8. The monoisotopic (exact) mass is 386 g/mol. The van der Waals surface area contributed by atoms with Crippen LogP contribution in [-0.2, 0) is 9.59 Å². The van der Waals surface area contributed by atoms with E-state index in [-0.39, 0.29) is 18.7 Å². The van der Waals surface area contributed by atoms with E-state index >= 15 is 0 Å². The molecule has 0 bridgehead atoms. The van der Waals surface area contributed by atoms with Gasteiger partial charge in [0.05, 0.1) is 19.2 Å². The third-order valence-corrected chi connectivity index (χ3v) is 4.63. The highest BCUT2D eigenvalue weighted by Gasteiger charge is 2.31. The van der Waals surface area contributed by atoms with E-state index in [2.05, 4.69) is 5.43 Å². The molecule has 2 aromatic carbocycles. The Balaban J connectivity index is 1.92. The average Bonchev–Trinajstić information content (AvgIpc) is 3.11. The van der Waals surface area contributed by atoms with E-state index in [1.165, 1.54) is 5.01 Å². The molecule has 0 saturated heterocycles. The lowest BCUT2D eigenvalue weighted by Gasteiger charge is -2.26. The van der Waals surface area contributed by atoms with Crippen LogP contribution in [0.3, 0.4) is 0 Å². The molecule has 0 saturated carbocycles. The van der Waals surface area contributed by atoms with Crippen LogP contribution in [0.25, 0.3) is 5.70 Å². The van der Waals surface area contributed by atoms with E-state index in [0.29, 0.717) is 5.02 Å². The maximum absolute atomic E-state index is 12.6. The molecule has 0 radical (unpaired) electrons. The van der Waals surface area contributed by atoms with Gasteiger partial charge in [-0.3, -0.25) is 15.0 Å². The van der Waals surface area contributed by atoms with Gasteiger partial charge in [0, 0.05) is 11.4 Å². The number of aliphatic carboxylic acids is 1. The molecule has 1 atom stereocenters. The predicted molar refractivity (Wildman–Crippen MR) is 102 cm³/mol. The van der Waals surface area contributed by atoms with Crippen molar-refractivity contribution in [3.05, 3.63) is 70.8 Å². The number of carboxylic acid groups (broad SMARTS) is 1. The van der Waals surface area contributed by atoms with E-state index in [1.54, 1.807) is 13.2 Å². The molecule has 1 heterocycles. The fraction of sp³-hybridized carbons (Fsp3) is 0.200. The number of nitrogens with one attached hydrogen (secondary N) is 1. The summed E-state index contributed by atoms with van der Waals surface area (Å²) < 4.78 is 5.17. The van der Waals surface area contributed by atoms with Crippen LogP contribution >= 0.6 is 11.6 Å². The topological polar surface area (TPSA) is 78.9 Å². The van der Waals surface area contributed by atoms with E-state index in [9.17, 15) is 9.59 Å². The molecule has 3 rings (SSSR count). The highest BCUT2D eigenvalue weighted by atomic mass is 35.5. The van der Waals surface area contributed by atoms with Gasteiger partial charge in [0.15, 0.2) is 0 Å². The standard InChI is InChI=1S/C20H19ClN2O4/c1-27-14-8-6-13(7-9-14)17-12-18(15-4-2-3-5-16(15)21)23(22-17)19(24)10-11-20(25)26/h2-9,12,18,22H,10-11H2,1H3,(H,25,26)/t18-/m0/s1. The Morgan fingerprint density at radius 2 is 1.85 bits per heavy atom. The zero-order valence-corrected chi connectivity index (χ0v) is 15.4. The van der Waals surface area contributed by atoms with Crippen molar-refractivity contribution in [1.29, 1.82) is 0 Å². The fourth-order valence-electron chi connectivity index (χ4n) is 2.90. The summed E-state index contributed by atoms with van der Waals surface area (Å²) in [4.78, 5) is 23.5. The highest BCUT2D eigenvalue weighted by Crippen LogP contribution is 2.35. The quantitative estimate of drug-likeness (QED) is 0.792. The minimum absolute atomic E-state index is 0.104.